The van der Waals surface area contributed by atoms with Crippen molar-refractivity contribution in [2.75, 3.05) is 5.32 Å². The Hall–Kier alpha value is -0.590. The first-order valence-corrected chi connectivity index (χ1v) is 6.43. The molecule has 88 valence electrons. The second-order valence-electron chi connectivity index (χ2n) is 3.23. The summed E-state index contributed by atoms with van der Waals surface area (Å²) in [6.45, 7) is 0. The molecule has 1 heterocycles. The second kappa shape index (κ2) is 5.37. The van der Waals surface area contributed by atoms with Gasteiger partial charge in [0.2, 0.25) is 0 Å². The van der Waals surface area contributed by atoms with Crippen LogP contribution in [0.4, 0.5) is 15.9 Å². The average Bonchev–Trinajstić information content (AvgIpc) is 2.25. The molecule has 0 radical (unpaired) electrons. The molecule has 6 heteroatoms. The van der Waals surface area contributed by atoms with Crippen molar-refractivity contribution in [3.8, 4) is 0 Å². The fourth-order valence-corrected chi connectivity index (χ4v) is 2.38. The van der Waals surface area contributed by atoms with Crippen molar-refractivity contribution in [1.29, 1.82) is 0 Å². The van der Waals surface area contributed by atoms with Crippen molar-refractivity contribution < 1.29 is 4.39 Å². The van der Waals surface area contributed by atoms with Crippen molar-refractivity contribution in [3.05, 3.63) is 49.9 Å². The van der Waals surface area contributed by atoms with Crippen LogP contribution in [-0.2, 0) is 0 Å². The molecule has 0 bridgehead atoms. The van der Waals surface area contributed by atoms with Crippen molar-refractivity contribution >= 4 is 57.3 Å². The van der Waals surface area contributed by atoms with E-state index in [1.807, 2.05) is 0 Å². The number of pyridine rings is 1. The fraction of sp³-hybridized carbons (Fsp3) is 0. The van der Waals surface area contributed by atoms with Gasteiger partial charge in [0.05, 0.1) is 10.7 Å². The number of rotatable bonds is 2. The molecule has 0 atom stereocenters. The zero-order valence-corrected chi connectivity index (χ0v) is 12.0. The molecule has 0 spiro atoms. The summed E-state index contributed by atoms with van der Waals surface area (Å²) < 4.78 is 14.4. The SMILES string of the molecule is Fc1cc(Cl)cnc1Nc1ccc(Cl)cc1I. The molecular formula is C11H6Cl2FIN2. The number of aromatic nitrogens is 1. The molecule has 0 aliphatic carbocycles. The highest BCUT2D eigenvalue weighted by atomic mass is 127. The largest absolute Gasteiger partial charge is 0.337 e. The number of hydrogen-bond donors (Lipinski definition) is 1. The summed E-state index contributed by atoms with van der Waals surface area (Å²) in [5.41, 5.74) is 0.740. The van der Waals surface area contributed by atoms with Gasteiger partial charge in [0.1, 0.15) is 0 Å². The summed E-state index contributed by atoms with van der Waals surface area (Å²) >= 11 is 13.6. The molecule has 0 aliphatic heterocycles. The smallest absolute Gasteiger partial charge is 0.167 e. The molecule has 0 aliphatic rings. The summed E-state index contributed by atoms with van der Waals surface area (Å²) in [5.74, 6) is -0.363. The summed E-state index contributed by atoms with van der Waals surface area (Å²) in [7, 11) is 0. The number of nitrogens with zero attached hydrogens (tertiary/aromatic N) is 1. The molecule has 1 aromatic heterocycles. The predicted octanol–water partition coefficient (Wildman–Crippen LogP) is 4.88. The van der Waals surface area contributed by atoms with Gasteiger partial charge in [-0.1, -0.05) is 23.2 Å². The Balaban J connectivity index is 2.31. The van der Waals surface area contributed by atoms with Crippen LogP contribution in [0.25, 0.3) is 0 Å². The highest BCUT2D eigenvalue weighted by Crippen LogP contribution is 2.26. The van der Waals surface area contributed by atoms with E-state index in [-0.39, 0.29) is 10.8 Å². The number of benzene rings is 1. The van der Waals surface area contributed by atoms with E-state index in [2.05, 4.69) is 32.9 Å². The van der Waals surface area contributed by atoms with Crippen LogP contribution in [0, 0.1) is 9.39 Å². The second-order valence-corrected chi connectivity index (χ2v) is 5.27. The van der Waals surface area contributed by atoms with Crippen molar-refractivity contribution in [3.63, 3.8) is 0 Å². The van der Waals surface area contributed by atoms with Gasteiger partial charge in [0, 0.05) is 14.8 Å². The molecule has 0 fully saturated rings. The normalized spacial score (nSPS) is 10.4. The van der Waals surface area contributed by atoms with Crippen molar-refractivity contribution in [1.82, 2.24) is 4.98 Å². The Morgan fingerprint density at radius 3 is 2.59 bits per heavy atom. The fourth-order valence-electron chi connectivity index (χ4n) is 1.22. The topological polar surface area (TPSA) is 24.9 Å². The van der Waals surface area contributed by atoms with Gasteiger partial charge in [-0.2, -0.15) is 0 Å². The zero-order chi connectivity index (χ0) is 12.4. The minimum atomic E-state index is -0.497. The van der Waals surface area contributed by atoms with Crippen LogP contribution in [-0.4, -0.2) is 4.98 Å². The molecular weight excluding hydrogens is 377 g/mol. The maximum absolute atomic E-state index is 13.5. The molecule has 2 aromatic rings. The van der Waals surface area contributed by atoms with Crippen LogP contribution in [0.1, 0.15) is 0 Å². The molecule has 0 unspecified atom stereocenters. The quantitative estimate of drug-likeness (QED) is 0.749. The number of halogens is 4. The van der Waals surface area contributed by atoms with E-state index in [1.165, 1.54) is 12.3 Å². The minimum absolute atomic E-state index is 0.134. The molecule has 17 heavy (non-hydrogen) atoms. The van der Waals surface area contributed by atoms with Crippen LogP contribution < -0.4 is 5.32 Å². The maximum atomic E-state index is 13.5. The van der Waals surface area contributed by atoms with Crippen LogP contribution >= 0.6 is 45.8 Å². The lowest BCUT2D eigenvalue weighted by Crippen LogP contribution is -1.98. The average molecular weight is 383 g/mol. The monoisotopic (exact) mass is 382 g/mol. The van der Waals surface area contributed by atoms with Crippen LogP contribution in [0.2, 0.25) is 10.0 Å². The summed E-state index contributed by atoms with van der Waals surface area (Å²) in [6.07, 6.45) is 1.38. The zero-order valence-electron chi connectivity index (χ0n) is 8.35. The lowest BCUT2D eigenvalue weighted by molar-refractivity contribution is 0.626. The number of anilines is 2. The Labute approximate surface area is 121 Å². The van der Waals surface area contributed by atoms with Crippen molar-refractivity contribution in [2.45, 2.75) is 0 Å². The first-order valence-electron chi connectivity index (χ1n) is 4.59. The van der Waals surface area contributed by atoms with Crippen molar-refractivity contribution in [2.24, 2.45) is 0 Å². The van der Waals surface area contributed by atoms with Crippen LogP contribution in [0.15, 0.2) is 30.5 Å². The van der Waals surface area contributed by atoms with E-state index < -0.39 is 5.82 Å². The number of nitrogens with one attached hydrogen (secondary N) is 1. The Bertz CT molecular complexity index is 514. The first-order chi connectivity index (χ1) is 8.06. The lowest BCUT2D eigenvalue weighted by atomic mass is 10.3. The Kier molecular flexibility index (Phi) is 4.06. The third-order valence-electron chi connectivity index (χ3n) is 1.99. The maximum Gasteiger partial charge on any atom is 0.167 e. The molecule has 0 saturated heterocycles. The Morgan fingerprint density at radius 1 is 1.18 bits per heavy atom. The summed E-state index contributed by atoms with van der Waals surface area (Å²) in [6, 6.07) is 6.47. The minimum Gasteiger partial charge on any atom is -0.337 e. The molecule has 1 N–H and O–H groups in total. The van der Waals surface area contributed by atoms with Gasteiger partial charge in [-0.3, -0.25) is 0 Å². The van der Waals surface area contributed by atoms with E-state index in [0.29, 0.717) is 5.02 Å². The van der Waals surface area contributed by atoms with Gasteiger partial charge in [-0.15, -0.1) is 0 Å². The van der Waals surface area contributed by atoms with E-state index >= 15 is 0 Å². The van der Waals surface area contributed by atoms with Crippen LogP contribution in [0.5, 0.6) is 0 Å². The van der Waals surface area contributed by atoms with Gasteiger partial charge in [0.25, 0.3) is 0 Å². The predicted molar refractivity (Wildman–Crippen MR) is 76.7 cm³/mol. The highest BCUT2D eigenvalue weighted by Gasteiger charge is 2.07. The molecule has 0 amide bonds. The molecule has 2 rings (SSSR count). The standard InChI is InChI=1S/C11H6Cl2FIN2/c12-6-1-2-10(9(15)4-6)17-11-8(14)3-7(13)5-16-11/h1-5H,(H,16,17). The van der Waals surface area contributed by atoms with E-state index in [9.17, 15) is 4.39 Å². The first kappa shape index (κ1) is 12.9. The Morgan fingerprint density at radius 2 is 1.94 bits per heavy atom. The summed E-state index contributed by atoms with van der Waals surface area (Å²) in [5, 5.41) is 3.78. The third kappa shape index (κ3) is 3.20. The number of hydrogen-bond acceptors (Lipinski definition) is 2. The van der Waals surface area contributed by atoms with E-state index in [4.69, 9.17) is 23.2 Å². The molecule has 0 saturated carbocycles. The van der Waals surface area contributed by atoms with E-state index in [1.54, 1.807) is 18.2 Å². The van der Waals surface area contributed by atoms with Gasteiger partial charge in [0.15, 0.2) is 11.6 Å². The van der Waals surface area contributed by atoms with Crippen LogP contribution in [0.3, 0.4) is 0 Å². The molecule has 1 aromatic carbocycles. The lowest BCUT2D eigenvalue weighted by Gasteiger charge is -2.08. The van der Waals surface area contributed by atoms with Gasteiger partial charge in [-0.05, 0) is 46.9 Å². The van der Waals surface area contributed by atoms with Gasteiger partial charge >= 0.3 is 0 Å². The summed E-state index contributed by atoms with van der Waals surface area (Å²) in [4.78, 5) is 3.88. The van der Waals surface area contributed by atoms with E-state index in [0.717, 1.165) is 9.26 Å². The third-order valence-corrected chi connectivity index (χ3v) is 3.33. The molecule has 2 nitrogen and oxygen atoms in total. The van der Waals surface area contributed by atoms with Gasteiger partial charge in [-0.25, -0.2) is 9.37 Å². The highest BCUT2D eigenvalue weighted by molar-refractivity contribution is 14.1. The van der Waals surface area contributed by atoms with Gasteiger partial charge < -0.3 is 5.32 Å².